The molecule has 0 amide bonds. The van der Waals surface area contributed by atoms with Crippen LogP contribution in [0.4, 0.5) is 0 Å². The number of allylic oxidation sites excluding steroid dienone is 3. The molecule has 100 valence electrons. The minimum Gasteiger partial charge on any atom is -0.372 e. The molecule has 0 unspecified atom stereocenters. The third-order valence-electron chi connectivity index (χ3n) is 3.03. The summed E-state index contributed by atoms with van der Waals surface area (Å²) < 4.78 is 6.13. The number of halogens is 2. The maximum absolute atomic E-state index is 6.40. The quantitative estimate of drug-likeness (QED) is 0.420. The SMILES string of the molecule is C#C/C=C/C[C@@H](Cl)[C@H]1C/C=C\C[C@H](Br)[C@@H](CC)O1. The molecule has 3 heteroatoms. The van der Waals surface area contributed by atoms with E-state index in [0.29, 0.717) is 4.83 Å². The molecule has 0 N–H and O–H groups in total. The molecule has 0 saturated carbocycles. The summed E-state index contributed by atoms with van der Waals surface area (Å²) in [7, 11) is 0. The van der Waals surface area contributed by atoms with Gasteiger partial charge in [0.05, 0.1) is 17.6 Å². The summed E-state index contributed by atoms with van der Waals surface area (Å²) in [6.45, 7) is 2.14. The van der Waals surface area contributed by atoms with Gasteiger partial charge in [-0.2, -0.15) is 0 Å². The van der Waals surface area contributed by atoms with Crippen molar-refractivity contribution in [3.63, 3.8) is 0 Å². The van der Waals surface area contributed by atoms with E-state index in [1.165, 1.54) is 0 Å². The molecule has 0 aromatic rings. The fourth-order valence-electron chi connectivity index (χ4n) is 1.98. The van der Waals surface area contributed by atoms with Crippen LogP contribution in [-0.2, 0) is 4.74 Å². The first-order valence-electron chi connectivity index (χ1n) is 6.38. The molecule has 1 aliphatic rings. The van der Waals surface area contributed by atoms with E-state index >= 15 is 0 Å². The number of ether oxygens (including phenoxy) is 1. The number of rotatable bonds is 4. The molecule has 0 aromatic heterocycles. The number of hydrogen-bond donors (Lipinski definition) is 0. The third-order valence-corrected chi connectivity index (χ3v) is 4.45. The predicted molar refractivity (Wildman–Crippen MR) is 82.3 cm³/mol. The van der Waals surface area contributed by atoms with Crippen molar-refractivity contribution in [3.8, 4) is 12.3 Å². The van der Waals surface area contributed by atoms with Crippen LogP contribution in [0.1, 0.15) is 32.6 Å². The predicted octanol–water partition coefficient (Wildman–Crippen LogP) is 4.45. The van der Waals surface area contributed by atoms with Gasteiger partial charge in [0.1, 0.15) is 0 Å². The van der Waals surface area contributed by atoms with Gasteiger partial charge in [-0.05, 0) is 31.8 Å². The number of hydrogen-bond acceptors (Lipinski definition) is 1. The second-order valence-corrected chi connectivity index (χ2v) is 6.14. The normalized spacial score (nSPS) is 32.4. The number of alkyl halides is 2. The zero-order valence-electron chi connectivity index (χ0n) is 10.7. The van der Waals surface area contributed by atoms with Crippen molar-refractivity contribution in [1.29, 1.82) is 0 Å². The Labute approximate surface area is 124 Å². The lowest BCUT2D eigenvalue weighted by atomic mass is 10.0. The summed E-state index contributed by atoms with van der Waals surface area (Å²) in [4.78, 5) is 0.367. The molecule has 1 rings (SSSR count). The Balaban J connectivity index is 2.62. The van der Waals surface area contributed by atoms with Crippen LogP contribution in [0.5, 0.6) is 0 Å². The molecule has 18 heavy (non-hydrogen) atoms. The Kier molecular flexibility index (Phi) is 7.74. The van der Waals surface area contributed by atoms with Gasteiger partial charge in [-0.15, -0.1) is 18.0 Å². The summed E-state index contributed by atoms with van der Waals surface area (Å²) >= 11 is 10.1. The van der Waals surface area contributed by atoms with E-state index in [1.54, 1.807) is 6.08 Å². The molecule has 4 atom stereocenters. The second kappa shape index (κ2) is 8.80. The molecule has 0 radical (unpaired) electrons. The van der Waals surface area contributed by atoms with Gasteiger partial charge in [0.2, 0.25) is 0 Å². The van der Waals surface area contributed by atoms with Crippen LogP contribution in [-0.4, -0.2) is 22.4 Å². The van der Waals surface area contributed by atoms with Gasteiger partial charge < -0.3 is 4.74 Å². The maximum atomic E-state index is 6.40. The molecule has 0 saturated heterocycles. The van der Waals surface area contributed by atoms with Gasteiger partial charge in [-0.25, -0.2) is 0 Å². The average molecular weight is 332 g/mol. The van der Waals surface area contributed by atoms with Crippen LogP contribution in [0, 0.1) is 12.3 Å². The van der Waals surface area contributed by atoms with Gasteiger partial charge in [-0.1, -0.05) is 47.0 Å². The molecular weight excluding hydrogens is 312 g/mol. The van der Waals surface area contributed by atoms with Crippen LogP contribution in [0.15, 0.2) is 24.3 Å². The smallest absolute Gasteiger partial charge is 0.0780 e. The maximum Gasteiger partial charge on any atom is 0.0780 e. The van der Waals surface area contributed by atoms with E-state index < -0.39 is 0 Å². The van der Waals surface area contributed by atoms with Crippen molar-refractivity contribution in [2.45, 2.75) is 55.0 Å². The van der Waals surface area contributed by atoms with Crippen molar-refractivity contribution in [3.05, 3.63) is 24.3 Å². The highest BCUT2D eigenvalue weighted by Gasteiger charge is 2.26. The van der Waals surface area contributed by atoms with E-state index in [2.05, 4.69) is 40.9 Å². The second-order valence-electron chi connectivity index (χ2n) is 4.40. The van der Waals surface area contributed by atoms with E-state index in [-0.39, 0.29) is 17.6 Å². The average Bonchev–Trinajstić information content (AvgIpc) is 2.35. The van der Waals surface area contributed by atoms with Gasteiger partial charge >= 0.3 is 0 Å². The highest BCUT2D eigenvalue weighted by Crippen LogP contribution is 2.26. The van der Waals surface area contributed by atoms with Crippen molar-refractivity contribution in [2.75, 3.05) is 0 Å². The van der Waals surface area contributed by atoms with Gasteiger partial charge in [0, 0.05) is 4.83 Å². The Bertz CT molecular complexity index is 332. The Morgan fingerprint density at radius 1 is 1.56 bits per heavy atom. The first-order valence-corrected chi connectivity index (χ1v) is 7.74. The highest BCUT2D eigenvalue weighted by molar-refractivity contribution is 9.09. The van der Waals surface area contributed by atoms with Crippen LogP contribution in [0.2, 0.25) is 0 Å². The third kappa shape index (κ3) is 5.18. The first-order chi connectivity index (χ1) is 8.69. The topological polar surface area (TPSA) is 9.23 Å². The van der Waals surface area contributed by atoms with Gasteiger partial charge in [0.25, 0.3) is 0 Å². The molecular formula is C15H20BrClO. The number of terminal acetylenes is 1. The Morgan fingerprint density at radius 2 is 2.28 bits per heavy atom. The summed E-state index contributed by atoms with van der Waals surface area (Å²) in [6, 6.07) is 0. The fraction of sp³-hybridized carbons (Fsp3) is 0.600. The summed E-state index contributed by atoms with van der Waals surface area (Å²) in [5.41, 5.74) is 0. The fourth-order valence-corrected chi connectivity index (χ4v) is 2.96. The lowest BCUT2D eigenvalue weighted by molar-refractivity contribution is -0.0149. The minimum atomic E-state index is -0.0360. The zero-order valence-corrected chi connectivity index (χ0v) is 13.0. The zero-order chi connectivity index (χ0) is 13.4. The summed E-state index contributed by atoms with van der Waals surface area (Å²) in [5, 5.41) is -0.0360. The molecule has 1 nitrogen and oxygen atoms in total. The molecule has 1 heterocycles. The molecule has 0 aliphatic carbocycles. The largest absolute Gasteiger partial charge is 0.372 e. The van der Waals surface area contributed by atoms with E-state index in [4.69, 9.17) is 22.8 Å². The van der Waals surface area contributed by atoms with Crippen molar-refractivity contribution >= 4 is 27.5 Å². The van der Waals surface area contributed by atoms with Crippen LogP contribution < -0.4 is 0 Å². The van der Waals surface area contributed by atoms with E-state index in [0.717, 1.165) is 25.7 Å². The van der Waals surface area contributed by atoms with Crippen molar-refractivity contribution in [1.82, 2.24) is 0 Å². The van der Waals surface area contributed by atoms with E-state index in [9.17, 15) is 0 Å². The Hall–Kier alpha value is -0.230. The Morgan fingerprint density at radius 3 is 2.94 bits per heavy atom. The summed E-state index contributed by atoms with van der Waals surface area (Å²) in [6.07, 6.45) is 17.0. The lowest BCUT2D eigenvalue weighted by Gasteiger charge is -2.30. The monoisotopic (exact) mass is 330 g/mol. The molecule has 0 spiro atoms. The molecule has 0 fully saturated rings. The van der Waals surface area contributed by atoms with Gasteiger partial charge in [-0.3, -0.25) is 0 Å². The van der Waals surface area contributed by atoms with Crippen LogP contribution in [0.3, 0.4) is 0 Å². The van der Waals surface area contributed by atoms with E-state index in [1.807, 2.05) is 6.08 Å². The lowest BCUT2D eigenvalue weighted by Crippen LogP contribution is -2.34. The van der Waals surface area contributed by atoms with Crippen molar-refractivity contribution in [2.24, 2.45) is 0 Å². The molecule has 0 aromatic carbocycles. The van der Waals surface area contributed by atoms with Gasteiger partial charge in [0.15, 0.2) is 0 Å². The van der Waals surface area contributed by atoms with Crippen molar-refractivity contribution < 1.29 is 4.74 Å². The molecule has 0 bridgehead atoms. The first kappa shape index (κ1) is 15.8. The van der Waals surface area contributed by atoms with Crippen LogP contribution in [0.25, 0.3) is 0 Å². The summed E-state index contributed by atoms with van der Waals surface area (Å²) in [5.74, 6) is 2.47. The van der Waals surface area contributed by atoms with Crippen LogP contribution >= 0.6 is 27.5 Å². The standard InChI is InChI=1S/C15H20BrClO/c1-3-5-6-10-13(17)15-11-8-7-9-12(16)14(4-2)18-15/h1,5-8,12-15H,4,9-11H2,2H3/b6-5+,8-7-/t12-,13+,14+,15+/m0/s1. The highest BCUT2D eigenvalue weighted by atomic mass is 79.9. The minimum absolute atomic E-state index is 0.0360. The molecule has 1 aliphatic heterocycles.